The highest BCUT2D eigenvalue weighted by Gasteiger charge is 2.20. The van der Waals surface area contributed by atoms with Crippen molar-refractivity contribution in [3.63, 3.8) is 0 Å². The number of hydrogen-bond acceptors (Lipinski definition) is 3. The monoisotopic (exact) mass is 154 g/mol. The largest absolute Gasteiger partial charge is 0.399 e. The molecule has 4 heteroatoms. The summed E-state index contributed by atoms with van der Waals surface area (Å²) in [6.45, 7) is 1.81. The maximum Gasteiger partial charge on any atom is 0.235 e. The molecule has 0 saturated carbocycles. The Morgan fingerprint density at radius 1 is 1.82 bits per heavy atom. The van der Waals surface area contributed by atoms with Crippen molar-refractivity contribution < 1.29 is 4.92 Å². The Labute approximate surface area is 64.5 Å². The molecule has 1 atom stereocenters. The van der Waals surface area contributed by atoms with Crippen LogP contribution < -0.4 is 5.73 Å². The highest BCUT2D eigenvalue weighted by atomic mass is 16.6. The van der Waals surface area contributed by atoms with Crippen molar-refractivity contribution in [3.8, 4) is 0 Å². The molecular formula is C7H10N2O2. The number of nitrogens with zero attached hydrogens (tertiary/aromatic N) is 1. The van der Waals surface area contributed by atoms with Crippen LogP contribution in [0.3, 0.4) is 0 Å². The molecule has 1 unspecified atom stereocenters. The summed E-state index contributed by atoms with van der Waals surface area (Å²) in [7, 11) is 0. The van der Waals surface area contributed by atoms with E-state index in [1.165, 1.54) is 6.08 Å². The number of hydrogen-bond donors (Lipinski definition) is 1. The molecule has 0 bridgehead atoms. The summed E-state index contributed by atoms with van der Waals surface area (Å²) in [5, 5.41) is 10.3. The quantitative estimate of drug-likeness (QED) is 0.449. The lowest BCUT2D eigenvalue weighted by molar-refractivity contribution is -0.509. The van der Waals surface area contributed by atoms with Gasteiger partial charge in [0.2, 0.25) is 6.04 Å². The molecule has 11 heavy (non-hydrogen) atoms. The first-order valence-electron chi connectivity index (χ1n) is 3.38. The Hall–Kier alpha value is -1.32. The molecule has 0 fully saturated rings. The van der Waals surface area contributed by atoms with Crippen molar-refractivity contribution in [2.45, 2.75) is 19.4 Å². The summed E-state index contributed by atoms with van der Waals surface area (Å²) in [5.74, 6) is 0. The van der Waals surface area contributed by atoms with Crippen LogP contribution in [0.4, 0.5) is 0 Å². The summed E-state index contributed by atoms with van der Waals surface area (Å²) < 4.78 is 0. The van der Waals surface area contributed by atoms with E-state index in [-0.39, 0.29) is 4.92 Å². The van der Waals surface area contributed by atoms with Crippen molar-refractivity contribution >= 4 is 0 Å². The fourth-order valence-electron chi connectivity index (χ4n) is 1.00. The second-order valence-corrected chi connectivity index (χ2v) is 2.65. The molecule has 0 saturated heterocycles. The molecule has 0 heterocycles. The summed E-state index contributed by atoms with van der Waals surface area (Å²) >= 11 is 0. The Morgan fingerprint density at radius 3 is 2.91 bits per heavy atom. The van der Waals surface area contributed by atoms with Gasteiger partial charge in [0.1, 0.15) is 0 Å². The number of nitrogens with two attached hydrogens (primary N) is 1. The first-order valence-corrected chi connectivity index (χ1v) is 3.38. The third-order valence-electron chi connectivity index (χ3n) is 1.78. The second-order valence-electron chi connectivity index (χ2n) is 2.65. The molecule has 1 rings (SSSR count). The van der Waals surface area contributed by atoms with E-state index in [2.05, 4.69) is 0 Å². The van der Waals surface area contributed by atoms with Crippen molar-refractivity contribution in [1.82, 2.24) is 0 Å². The lowest BCUT2D eigenvalue weighted by atomic mass is 10.0. The van der Waals surface area contributed by atoms with Gasteiger partial charge in [0.25, 0.3) is 0 Å². The molecule has 0 aromatic rings. The fourth-order valence-corrected chi connectivity index (χ4v) is 1.00. The Bertz CT molecular complexity index is 243. The topological polar surface area (TPSA) is 69.2 Å². The SMILES string of the molecule is CC1=C(N)C=CC([N+](=O)[O-])C1. The molecule has 4 nitrogen and oxygen atoms in total. The third kappa shape index (κ3) is 1.58. The molecule has 0 aromatic carbocycles. The first kappa shape index (κ1) is 7.78. The van der Waals surface area contributed by atoms with Crippen molar-refractivity contribution in [1.29, 1.82) is 0 Å². The minimum atomic E-state index is -0.581. The zero-order chi connectivity index (χ0) is 8.43. The van der Waals surface area contributed by atoms with Crippen LogP contribution in [0.25, 0.3) is 0 Å². The summed E-state index contributed by atoms with van der Waals surface area (Å²) in [6, 6.07) is -0.581. The van der Waals surface area contributed by atoms with Gasteiger partial charge in [-0.05, 0) is 24.6 Å². The average Bonchev–Trinajstić information content (AvgIpc) is 1.94. The summed E-state index contributed by atoms with van der Waals surface area (Å²) in [4.78, 5) is 10.00. The van der Waals surface area contributed by atoms with Gasteiger partial charge in [0, 0.05) is 17.0 Å². The average molecular weight is 154 g/mol. The van der Waals surface area contributed by atoms with E-state index in [4.69, 9.17) is 5.73 Å². The van der Waals surface area contributed by atoms with E-state index in [9.17, 15) is 10.1 Å². The first-order chi connectivity index (χ1) is 5.11. The van der Waals surface area contributed by atoms with Gasteiger partial charge in [-0.15, -0.1) is 0 Å². The molecule has 1 aliphatic carbocycles. The summed E-state index contributed by atoms with van der Waals surface area (Å²) in [6.07, 6.45) is 3.57. The van der Waals surface area contributed by atoms with Crippen LogP contribution in [-0.4, -0.2) is 11.0 Å². The predicted molar refractivity (Wildman–Crippen MR) is 41.4 cm³/mol. The minimum Gasteiger partial charge on any atom is -0.399 e. The summed E-state index contributed by atoms with van der Waals surface area (Å²) in [5.41, 5.74) is 7.06. The number of allylic oxidation sites excluding steroid dienone is 1. The highest BCUT2D eigenvalue weighted by molar-refractivity contribution is 5.27. The standard InChI is InChI=1S/C7H10N2O2/c1-5-4-6(9(10)11)2-3-7(5)8/h2-3,6H,4,8H2,1H3. The molecule has 0 radical (unpaired) electrons. The molecule has 2 N–H and O–H groups in total. The maximum absolute atomic E-state index is 10.3. The Morgan fingerprint density at radius 2 is 2.45 bits per heavy atom. The molecule has 1 aliphatic rings. The van der Waals surface area contributed by atoms with Crippen LogP contribution in [0.1, 0.15) is 13.3 Å². The van der Waals surface area contributed by atoms with Crippen LogP contribution in [0.2, 0.25) is 0 Å². The Kier molecular flexibility index (Phi) is 1.94. The van der Waals surface area contributed by atoms with E-state index >= 15 is 0 Å². The van der Waals surface area contributed by atoms with E-state index in [1.807, 2.05) is 6.92 Å². The second kappa shape index (κ2) is 2.74. The minimum absolute atomic E-state index is 0.299. The lowest BCUT2D eigenvalue weighted by Gasteiger charge is -2.11. The fraction of sp³-hybridized carbons (Fsp3) is 0.429. The number of nitro groups is 1. The maximum atomic E-state index is 10.3. The molecular weight excluding hydrogens is 144 g/mol. The molecule has 0 spiro atoms. The van der Waals surface area contributed by atoms with Crippen LogP contribution >= 0.6 is 0 Å². The van der Waals surface area contributed by atoms with Crippen molar-refractivity contribution in [2.75, 3.05) is 0 Å². The molecule has 0 aromatic heterocycles. The molecule has 0 aliphatic heterocycles. The van der Waals surface area contributed by atoms with Crippen molar-refractivity contribution in [2.24, 2.45) is 5.73 Å². The van der Waals surface area contributed by atoms with Crippen LogP contribution in [0.5, 0.6) is 0 Å². The highest BCUT2D eigenvalue weighted by Crippen LogP contribution is 2.16. The predicted octanol–water partition coefficient (Wildman–Crippen LogP) is 0.824. The number of rotatable bonds is 1. The molecule has 0 amide bonds. The van der Waals surface area contributed by atoms with Gasteiger partial charge in [0.05, 0.1) is 0 Å². The van der Waals surface area contributed by atoms with E-state index in [1.54, 1.807) is 6.08 Å². The van der Waals surface area contributed by atoms with Gasteiger partial charge >= 0.3 is 0 Å². The van der Waals surface area contributed by atoms with Gasteiger partial charge in [-0.3, -0.25) is 10.1 Å². The molecule has 60 valence electrons. The van der Waals surface area contributed by atoms with Gasteiger partial charge < -0.3 is 5.73 Å². The van der Waals surface area contributed by atoms with E-state index < -0.39 is 6.04 Å². The van der Waals surface area contributed by atoms with Gasteiger partial charge in [0.15, 0.2) is 0 Å². The lowest BCUT2D eigenvalue weighted by Crippen LogP contribution is -2.21. The van der Waals surface area contributed by atoms with Crippen molar-refractivity contribution in [3.05, 3.63) is 33.5 Å². The van der Waals surface area contributed by atoms with Crippen LogP contribution in [-0.2, 0) is 0 Å². The van der Waals surface area contributed by atoms with Gasteiger partial charge in [-0.1, -0.05) is 0 Å². The van der Waals surface area contributed by atoms with Gasteiger partial charge in [-0.2, -0.15) is 0 Å². The van der Waals surface area contributed by atoms with E-state index in [0.29, 0.717) is 12.1 Å². The normalized spacial score (nSPS) is 23.9. The van der Waals surface area contributed by atoms with Gasteiger partial charge in [-0.25, -0.2) is 0 Å². The van der Waals surface area contributed by atoms with E-state index in [0.717, 1.165) is 5.57 Å². The van der Waals surface area contributed by atoms with Crippen LogP contribution in [0, 0.1) is 10.1 Å². The third-order valence-corrected chi connectivity index (χ3v) is 1.78. The zero-order valence-electron chi connectivity index (χ0n) is 6.28. The zero-order valence-corrected chi connectivity index (χ0v) is 6.28. The Balaban J connectivity index is 2.74. The van der Waals surface area contributed by atoms with Crippen LogP contribution in [0.15, 0.2) is 23.4 Å². The smallest absolute Gasteiger partial charge is 0.235 e.